The van der Waals surface area contributed by atoms with Crippen LogP contribution in [0.4, 0.5) is 0 Å². The van der Waals surface area contributed by atoms with Crippen molar-refractivity contribution in [3.8, 4) is 0 Å². The van der Waals surface area contributed by atoms with Gasteiger partial charge in [0.15, 0.2) is 0 Å². The molecular formula is C20H18BrN5O. The van der Waals surface area contributed by atoms with E-state index in [4.69, 9.17) is 0 Å². The summed E-state index contributed by atoms with van der Waals surface area (Å²) in [4.78, 5) is 18.5. The number of nitrogens with zero attached hydrogens (tertiary/aromatic N) is 4. The van der Waals surface area contributed by atoms with Gasteiger partial charge in [-0.15, -0.1) is 5.10 Å². The maximum Gasteiger partial charge on any atom is 0.254 e. The Labute approximate surface area is 164 Å². The summed E-state index contributed by atoms with van der Waals surface area (Å²) >= 11 is 3.55. The van der Waals surface area contributed by atoms with Crippen molar-refractivity contribution in [1.29, 1.82) is 0 Å². The number of nitrogens with one attached hydrogen (secondary N) is 1. The molecule has 6 nitrogen and oxygen atoms in total. The number of halogens is 1. The van der Waals surface area contributed by atoms with Gasteiger partial charge in [0.25, 0.3) is 5.91 Å². The van der Waals surface area contributed by atoms with E-state index in [1.165, 1.54) is 16.6 Å². The molecule has 0 unspecified atom stereocenters. The zero-order valence-electron chi connectivity index (χ0n) is 14.9. The zero-order chi connectivity index (χ0) is 18.5. The zero-order valence-corrected chi connectivity index (χ0v) is 16.5. The molecule has 1 N–H and O–H groups in total. The number of aryl methyl sites for hydroxylation is 1. The molecule has 7 heteroatoms. The first-order valence-corrected chi connectivity index (χ1v) is 9.85. The van der Waals surface area contributed by atoms with Crippen LogP contribution in [0.25, 0.3) is 21.9 Å². The lowest BCUT2D eigenvalue weighted by molar-refractivity contribution is 0.0735. The Morgan fingerprint density at radius 2 is 2.15 bits per heavy atom. The van der Waals surface area contributed by atoms with Gasteiger partial charge in [0.2, 0.25) is 0 Å². The molecule has 27 heavy (non-hydrogen) atoms. The lowest BCUT2D eigenvalue weighted by Crippen LogP contribution is -2.35. The number of H-pyrrole nitrogens is 1. The second-order valence-electron chi connectivity index (χ2n) is 6.86. The summed E-state index contributed by atoms with van der Waals surface area (Å²) in [6.07, 6.45) is 0.835. The van der Waals surface area contributed by atoms with Crippen LogP contribution >= 0.6 is 15.9 Å². The Hall–Kier alpha value is -2.67. The summed E-state index contributed by atoms with van der Waals surface area (Å²) < 4.78 is 2.88. The molecule has 136 valence electrons. The normalized spacial score (nSPS) is 14.1. The second kappa shape index (κ2) is 6.20. The second-order valence-corrected chi connectivity index (χ2v) is 7.77. The number of benzene rings is 2. The first kappa shape index (κ1) is 16.5. The number of amides is 1. The first-order chi connectivity index (χ1) is 13.1. The number of aromatic amines is 1. The topological polar surface area (TPSA) is 66.8 Å². The van der Waals surface area contributed by atoms with Crippen molar-refractivity contribution in [2.24, 2.45) is 0 Å². The van der Waals surface area contributed by atoms with E-state index in [0.717, 1.165) is 34.0 Å². The van der Waals surface area contributed by atoms with Crippen molar-refractivity contribution in [1.82, 2.24) is 24.9 Å². The van der Waals surface area contributed by atoms with Crippen molar-refractivity contribution in [2.75, 3.05) is 6.54 Å². The molecule has 5 rings (SSSR count). The predicted octanol–water partition coefficient (Wildman–Crippen LogP) is 3.89. The van der Waals surface area contributed by atoms with Crippen molar-refractivity contribution >= 4 is 43.8 Å². The summed E-state index contributed by atoms with van der Waals surface area (Å²) in [6.45, 7) is 4.11. The molecule has 0 atom stereocenters. The van der Waals surface area contributed by atoms with E-state index in [1.807, 2.05) is 40.8 Å². The first-order valence-electron chi connectivity index (χ1n) is 9.05. The lowest BCUT2D eigenvalue weighted by Gasteiger charge is -2.27. The van der Waals surface area contributed by atoms with Crippen LogP contribution in [-0.4, -0.2) is 37.3 Å². The number of carbonyl (C=O) groups excluding carboxylic acids is 1. The van der Waals surface area contributed by atoms with Crippen LogP contribution in [0.1, 0.15) is 28.5 Å². The van der Waals surface area contributed by atoms with Gasteiger partial charge in [-0.3, -0.25) is 4.79 Å². The molecule has 4 aromatic rings. The van der Waals surface area contributed by atoms with Crippen LogP contribution in [0.3, 0.4) is 0 Å². The van der Waals surface area contributed by atoms with Gasteiger partial charge in [-0.25, -0.2) is 4.68 Å². The van der Waals surface area contributed by atoms with Crippen LogP contribution in [0, 0.1) is 0 Å². The number of hydrogen-bond acceptors (Lipinski definition) is 3. The summed E-state index contributed by atoms with van der Waals surface area (Å²) in [5, 5.41) is 9.49. The molecule has 0 aliphatic carbocycles. The lowest BCUT2D eigenvalue weighted by atomic mass is 10.0. The molecule has 2 aromatic heterocycles. The molecule has 0 saturated heterocycles. The third-order valence-electron chi connectivity index (χ3n) is 5.28. The van der Waals surface area contributed by atoms with E-state index < -0.39 is 0 Å². The summed E-state index contributed by atoms with van der Waals surface area (Å²) in [5.41, 5.74) is 5.94. The highest BCUT2D eigenvalue weighted by Crippen LogP contribution is 2.30. The summed E-state index contributed by atoms with van der Waals surface area (Å²) in [7, 11) is 0. The maximum atomic E-state index is 13.1. The van der Waals surface area contributed by atoms with E-state index in [2.05, 4.69) is 43.4 Å². The Kier molecular flexibility index (Phi) is 3.79. The largest absolute Gasteiger partial charge is 0.358 e. The van der Waals surface area contributed by atoms with Gasteiger partial charge in [-0.1, -0.05) is 21.1 Å². The minimum Gasteiger partial charge on any atom is -0.358 e. The Balaban J connectivity index is 1.48. The molecule has 3 heterocycles. The van der Waals surface area contributed by atoms with Crippen LogP contribution in [0.15, 0.2) is 40.9 Å². The Morgan fingerprint density at radius 1 is 1.26 bits per heavy atom. The minimum absolute atomic E-state index is 0.0398. The van der Waals surface area contributed by atoms with Crippen LogP contribution in [-0.2, 0) is 19.5 Å². The highest BCUT2D eigenvalue weighted by atomic mass is 79.9. The van der Waals surface area contributed by atoms with Gasteiger partial charge in [0, 0.05) is 58.3 Å². The molecule has 0 fully saturated rings. The smallest absolute Gasteiger partial charge is 0.254 e. The van der Waals surface area contributed by atoms with Gasteiger partial charge in [0.05, 0.1) is 5.52 Å². The van der Waals surface area contributed by atoms with Gasteiger partial charge >= 0.3 is 0 Å². The summed E-state index contributed by atoms with van der Waals surface area (Å²) in [6, 6.07) is 11.9. The number of hydrogen-bond donors (Lipinski definition) is 1. The fourth-order valence-electron chi connectivity index (χ4n) is 3.88. The van der Waals surface area contributed by atoms with Crippen LogP contribution < -0.4 is 0 Å². The quantitative estimate of drug-likeness (QED) is 0.531. The standard InChI is InChI=1S/C20H18BrN5O/c1-2-26-19-6-3-12(9-18(19)23-24-26)20(27)25-8-7-17-15(11-25)14-10-13(21)4-5-16(14)22-17/h3-6,9-10,22H,2,7-8,11H2,1H3. The van der Waals surface area contributed by atoms with E-state index in [-0.39, 0.29) is 5.91 Å². The van der Waals surface area contributed by atoms with E-state index in [0.29, 0.717) is 18.7 Å². The minimum atomic E-state index is 0.0398. The van der Waals surface area contributed by atoms with Crippen molar-refractivity contribution < 1.29 is 4.79 Å². The Bertz CT molecular complexity index is 1190. The van der Waals surface area contributed by atoms with E-state index >= 15 is 0 Å². The third-order valence-corrected chi connectivity index (χ3v) is 5.78. The maximum absolute atomic E-state index is 13.1. The van der Waals surface area contributed by atoms with Crippen molar-refractivity contribution in [3.63, 3.8) is 0 Å². The van der Waals surface area contributed by atoms with Gasteiger partial charge in [-0.05, 0) is 43.3 Å². The number of rotatable bonds is 2. The fraction of sp³-hybridized carbons (Fsp3) is 0.250. The number of carbonyl (C=O) groups is 1. The molecule has 0 spiro atoms. The SMILES string of the molecule is CCn1nnc2cc(C(=O)N3CCc4[nH]c5ccc(Br)cc5c4C3)ccc21. The third kappa shape index (κ3) is 2.65. The van der Waals surface area contributed by atoms with Crippen molar-refractivity contribution in [3.05, 3.63) is 57.7 Å². The average Bonchev–Trinajstić information content (AvgIpc) is 3.27. The molecule has 2 aromatic carbocycles. The molecular weight excluding hydrogens is 406 g/mol. The molecule has 0 radical (unpaired) electrons. The van der Waals surface area contributed by atoms with Crippen LogP contribution in [0.5, 0.6) is 0 Å². The van der Waals surface area contributed by atoms with E-state index in [1.54, 1.807) is 0 Å². The van der Waals surface area contributed by atoms with Gasteiger partial charge < -0.3 is 9.88 Å². The van der Waals surface area contributed by atoms with Gasteiger partial charge in [0.1, 0.15) is 5.52 Å². The Morgan fingerprint density at radius 3 is 3.00 bits per heavy atom. The number of fused-ring (bicyclic) bond motifs is 4. The highest BCUT2D eigenvalue weighted by Gasteiger charge is 2.25. The highest BCUT2D eigenvalue weighted by molar-refractivity contribution is 9.10. The van der Waals surface area contributed by atoms with E-state index in [9.17, 15) is 4.79 Å². The van der Waals surface area contributed by atoms with Crippen LogP contribution in [0.2, 0.25) is 0 Å². The monoisotopic (exact) mass is 423 g/mol. The predicted molar refractivity (Wildman–Crippen MR) is 108 cm³/mol. The molecule has 1 aliphatic rings. The summed E-state index contributed by atoms with van der Waals surface area (Å²) in [5.74, 6) is 0.0398. The molecule has 0 bridgehead atoms. The van der Waals surface area contributed by atoms with Gasteiger partial charge in [-0.2, -0.15) is 0 Å². The average molecular weight is 424 g/mol. The molecule has 1 amide bonds. The molecule has 1 aliphatic heterocycles. The van der Waals surface area contributed by atoms with Crippen molar-refractivity contribution in [2.45, 2.75) is 26.4 Å². The number of aromatic nitrogens is 4. The fourth-order valence-corrected chi connectivity index (χ4v) is 4.24. The molecule has 0 saturated carbocycles.